The lowest BCUT2D eigenvalue weighted by Gasteiger charge is -2.27. The highest BCUT2D eigenvalue weighted by Gasteiger charge is 2.19. The standard InChI is InChI=1S/C27H37F/c1-3-5-22-10-12-24(13-11-22)16-18-26-19-17-25(20-27(26)28)15-14-23-8-6-21(4-2)7-9-23/h10-13,17,19-21,23H,3-9,14-16,18H2,1-2H3. The summed E-state index contributed by atoms with van der Waals surface area (Å²) in [5.74, 6) is 1.78. The molecule has 2 aromatic rings. The van der Waals surface area contributed by atoms with Crippen LogP contribution in [-0.4, -0.2) is 0 Å². The predicted octanol–water partition coefficient (Wildman–Crippen LogP) is 7.71. The van der Waals surface area contributed by atoms with Crippen LogP contribution in [0.3, 0.4) is 0 Å². The highest BCUT2D eigenvalue weighted by Crippen LogP contribution is 2.33. The molecule has 0 atom stereocenters. The van der Waals surface area contributed by atoms with Crippen LogP contribution in [0.1, 0.15) is 81.0 Å². The molecule has 0 amide bonds. The van der Waals surface area contributed by atoms with E-state index in [1.807, 2.05) is 6.07 Å². The molecule has 0 radical (unpaired) electrons. The maximum Gasteiger partial charge on any atom is 0.126 e. The van der Waals surface area contributed by atoms with E-state index in [4.69, 9.17) is 0 Å². The molecule has 0 unspecified atom stereocenters. The Labute approximate surface area is 171 Å². The van der Waals surface area contributed by atoms with Crippen LogP contribution in [0.5, 0.6) is 0 Å². The summed E-state index contributed by atoms with van der Waals surface area (Å²) in [4.78, 5) is 0. The summed E-state index contributed by atoms with van der Waals surface area (Å²) in [6, 6.07) is 14.8. The van der Waals surface area contributed by atoms with Crippen LogP contribution in [0.15, 0.2) is 42.5 Å². The van der Waals surface area contributed by atoms with Crippen LogP contribution < -0.4 is 0 Å². The number of hydrogen-bond donors (Lipinski definition) is 0. The number of halogens is 1. The summed E-state index contributed by atoms with van der Waals surface area (Å²) in [7, 11) is 0. The minimum absolute atomic E-state index is 0.0187. The third-order valence-electron chi connectivity index (χ3n) is 6.75. The monoisotopic (exact) mass is 380 g/mol. The highest BCUT2D eigenvalue weighted by molar-refractivity contribution is 5.27. The van der Waals surface area contributed by atoms with E-state index in [0.717, 1.165) is 43.1 Å². The molecule has 1 saturated carbocycles. The van der Waals surface area contributed by atoms with E-state index in [9.17, 15) is 4.39 Å². The molecule has 0 saturated heterocycles. The molecule has 0 aliphatic heterocycles. The summed E-state index contributed by atoms with van der Waals surface area (Å²) in [5.41, 5.74) is 4.71. The number of aryl methyl sites for hydroxylation is 4. The highest BCUT2D eigenvalue weighted by atomic mass is 19.1. The van der Waals surface area contributed by atoms with Crippen molar-refractivity contribution < 1.29 is 4.39 Å². The van der Waals surface area contributed by atoms with E-state index in [2.05, 4.69) is 44.2 Å². The minimum Gasteiger partial charge on any atom is -0.207 e. The predicted molar refractivity (Wildman–Crippen MR) is 118 cm³/mol. The van der Waals surface area contributed by atoms with Gasteiger partial charge in [-0.3, -0.25) is 0 Å². The molecule has 2 aromatic carbocycles. The molecule has 0 spiro atoms. The van der Waals surface area contributed by atoms with Crippen molar-refractivity contribution in [3.05, 3.63) is 70.5 Å². The second kappa shape index (κ2) is 10.8. The van der Waals surface area contributed by atoms with Gasteiger partial charge in [0.25, 0.3) is 0 Å². The molecule has 0 aromatic heterocycles. The Morgan fingerprint density at radius 2 is 1.32 bits per heavy atom. The van der Waals surface area contributed by atoms with E-state index in [1.54, 1.807) is 6.07 Å². The van der Waals surface area contributed by atoms with Crippen molar-refractivity contribution in [1.82, 2.24) is 0 Å². The van der Waals surface area contributed by atoms with Crippen LogP contribution in [-0.2, 0) is 25.7 Å². The molecule has 3 rings (SSSR count). The molecular formula is C27H37F. The third kappa shape index (κ3) is 6.19. The van der Waals surface area contributed by atoms with Gasteiger partial charge in [-0.2, -0.15) is 0 Å². The molecule has 1 fully saturated rings. The van der Waals surface area contributed by atoms with Crippen molar-refractivity contribution in [2.24, 2.45) is 11.8 Å². The summed E-state index contributed by atoms with van der Waals surface area (Å²) in [5, 5.41) is 0. The Bertz CT molecular complexity index is 708. The fourth-order valence-electron chi connectivity index (χ4n) is 4.69. The van der Waals surface area contributed by atoms with Gasteiger partial charge in [-0.05, 0) is 72.3 Å². The van der Waals surface area contributed by atoms with Gasteiger partial charge in [-0.1, -0.05) is 88.8 Å². The molecule has 1 aliphatic carbocycles. The van der Waals surface area contributed by atoms with Gasteiger partial charge < -0.3 is 0 Å². The molecule has 0 heterocycles. The van der Waals surface area contributed by atoms with Gasteiger partial charge in [-0.15, -0.1) is 0 Å². The van der Waals surface area contributed by atoms with E-state index >= 15 is 0 Å². The van der Waals surface area contributed by atoms with Gasteiger partial charge in [0.2, 0.25) is 0 Å². The number of hydrogen-bond acceptors (Lipinski definition) is 0. The van der Waals surface area contributed by atoms with Gasteiger partial charge in [0.15, 0.2) is 0 Å². The van der Waals surface area contributed by atoms with E-state index in [1.165, 1.54) is 61.6 Å². The Morgan fingerprint density at radius 1 is 0.714 bits per heavy atom. The zero-order valence-electron chi connectivity index (χ0n) is 17.9. The lowest BCUT2D eigenvalue weighted by Crippen LogP contribution is -2.14. The maximum atomic E-state index is 14.6. The van der Waals surface area contributed by atoms with Crippen molar-refractivity contribution in [2.45, 2.75) is 84.5 Å². The average Bonchev–Trinajstić information content (AvgIpc) is 2.73. The molecule has 0 N–H and O–H groups in total. The van der Waals surface area contributed by atoms with Gasteiger partial charge in [0, 0.05) is 0 Å². The fourth-order valence-corrected chi connectivity index (χ4v) is 4.69. The zero-order chi connectivity index (χ0) is 19.8. The summed E-state index contributed by atoms with van der Waals surface area (Å²) < 4.78 is 14.6. The van der Waals surface area contributed by atoms with Crippen LogP contribution >= 0.6 is 0 Å². The normalized spacial score (nSPS) is 19.7. The minimum atomic E-state index is -0.0187. The molecule has 1 aliphatic rings. The van der Waals surface area contributed by atoms with Crippen molar-refractivity contribution >= 4 is 0 Å². The Morgan fingerprint density at radius 3 is 1.93 bits per heavy atom. The third-order valence-corrected chi connectivity index (χ3v) is 6.75. The Hall–Kier alpha value is -1.63. The Kier molecular flexibility index (Phi) is 8.13. The largest absolute Gasteiger partial charge is 0.207 e. The molecule has 152 valence electrons. The molecule has 28 heavy (non-hydrogen) atoms. The second-order valence-corrected chi connectivity index (χ2v) is 8.83. The number of rotatable bonds is 9. The first kappa shape index (κ1) is 21.1. The van der Waals surface area contributed by atoms with Gasteiger partial charge >= 0.3 is 0 Å². The second-order valence-electron chi connectivity index (χ2n) is 8.83. The fraction of sp³-hybridized carbons (Fsp3) is 0.556. The van der Waals surface area contributed by atoms with E-state index in [0.29, 0.717) is 0 Å². The van der Waals surface area contributed by atoms with Crippen molar-refractivity contribution in [1.29, 1.82) is 0 Å². The SMILES string of the molecule is CCCc1ccc(CCc2ccc(CCC3CCC(CC)CC3)cc2F)cc1. The first-order valence-corrected chi connectivity index (χ1v) is 11.5. The lowest BCUT2D eigenvalue weighted by molar-refractivity contribution is 0.258. The van der Waals surface area contributed by atoms with Crippen LogP contribution in [0, 0.1) is 17.7 Å². The molecule has 0 bridgehead atoms. The van der Waals surface area contributed by atoms with Crippen molar-refractivity contribution in [2.75, 3.05) is 0 Å². The first-order valence-electron chi connectivity index (χ1n) is 11.5. The van der Waals surface area contributed by atoms with Crippen LogP contribution in [0.25, 0.3) is 0 Å². The quantitative estimate of drug-likeness (QED) is 0.418. The van der Waals surface area contributed by atoms with E-state index < -0.39 is 0 Å². The van der Waals surface area contributed by atoms with Crippen molar-refractivity contribution in [3.63, 3.8) is 0 Å². The lowest BCUT2D eigenvalue weighted by atomic mass is 9.78. The van der Waals surface area contributed by atoms with Gasteiger partial charge in [0.05, 0.1) is 0 Å². The van der Waals surface area contributed by atoms with E-state index in [-0.39, 0.29) is 5.82 Å². The first-order chi connectivity index (χ1) is 13.7. The molecule has 0 nitrogen and oxygen atoms in total. The summed E-state index contributed by atoms with van der Waals surface area (Å²) in [6.45, 7) is 4.52. The summed E-state index contributed by atoms with van der Waals surface area (Å²) in [6.07, 6.45) is 13.1. The van der Waals surface area contributed by atoms with Gasteiger partial charge in [-0.25, -0.2) is 4.39 Å². The summed E-state index contributed by atoms with van der Waals surface area (Å²) >= 11 is 0. The van der Waals surface area contributed by atoms with Crippen LogP contribution in [0.4, 0.5) is 4.39 Å². The van der Waals surface area contributed by atoms with Crippen molar-refractivity contribution in [3.8, 4) is 0 Å². The number of benzene rings is 2. The Balaban J connectivity index is 1.47. The maximum absolute atomic E-state index is 14.6. The zero-order valence-corrected chi connectivity index (χ0v) is 17.9. The van der Waals surface area contributed by atoms with Gasteiger partial charge in [0.1, 0.15) is 5.82 Å². The molecular weight excluding hydrogens is 343 g/mol. The average molecular weight is 381 g/mol. The topological polar surface area (TPSA) is 0 Å². The smallest absolute Gasteiger partial charge is 0.126 e. The van der Waals surface area contributed by atoms with Crippen LogP contribution in [0.2, 0.25) is 0 Å². The molecule has 1 heteroatoms.